The van der Waals surface area contributed by atoms with Gasteiger partial charge in [0, 0.05) is 18.1 Å². The van der Waals surface area contributed by atoms with Crippen molar-refractivity contribution < 1.29 is 5.11 Å². The van der Waals surface area contributed by atoms with Gasteiger partial charge in [-0.1, -0.05) is 40.2 Å². The van der Waals surface area contributed by atoms with E-state index in [0.29, 0.717) is 5.69 Å². The molecule has 1 aromatic carbocycles. The van der Waals surface area contributed by atoms with Gasteiger partial charge in [-0.15, -0.1) is 0 Å². The van der Waals surface area contributed by atoms with Gasteiger partial charge in [0.15, 0.2) is 0 Å². The van der Waals surface area contributed by atoms with Crippen molar-refractivity contribution in [2.45, 2.75) is 13.2 Å². The molecule has 0 atom stereocenters. The molecular formula is C14H15BrN2O. The van der Waals surface area contributed by atoms with Crippen LogP contribution in [0.2, 0.25) is 0 Å². The van der Waals surface area contributed by atoms with Crippen LogP contribution in [0.3, 0.4) is 0 Å². The van der Waals surface area contributed by atoms with Gasteiger partial charge in [-0.05, 0) is 23.8 Å². The van der Waals surface area contributed by atoms with Gasteiger partial charge in [-0.25, -0.2) is 4.98 Å². The zero-order chi connectivity index (χ0) is 13.0. The van der Waals surface area contributed by atoms with Gasteiger partial charge >= 0.3 is 0 Å². The predicted octanol–water partition coefficient (Wildman–Crippen LogP) is 2.97. The largest absolute Gasteiger partial charge is 0.390 e. The van der Waals surface area contributed by atoms with Crippen LogP contribution in [-0.2, 0) is 13.2 Å². The number of hydrogen-bond acceptors (Lipinski definition) is 3. The van der Waals surface area contributed by atoms with E-state index in [1.54, 1.807) is 0 Å². The Bertz CT molecular complexity index is 531. The number of hydrogen-bond donors (Lipinski definition) is 1. The van der Waals surface area contributed by atoms with E-state index in [1.807, 2.05) is 43.4 Å². The second kappa shape index (κ2) is 5.98. The van der Waals surface area contributed by atoms with Gasteiger partial charge in [0.1, 0.15) is 5.82 Å². The summed E-state index contributed by atoms with van der Waals surface area (Å²) in [6, 6.07) is 13.8. The van der Waals surface area contributed by atoms with Crippen molar-refractivity contribution in [3.8, 4) is 0 Å². The van der Waals surface area contributed by atoms with Crippen molar-refractivity contribution >= 4 is 21.7 Å². The summed E-state index contributed by atoms with van der Waals surface area (Å²) in [7, 11) is 1.99. The normalized spacial score (nSPS) is 10.4. The summed E-state index contributed by atoms with van der Waals surface area (Å²) in [6.07, 6.45) is 0. The maximum atomic E-state index is 9.09. The highest BCUT2D eigenvalue weighted by molar-refractivity contribution is 9.10. The number of halogens is 1. The Kier molecular flexibility index (Phi) is 4.33. The van der Waals surface area contributed by atoms with Crippen molar-refractivity contribution in [1.82, 2.24) is 4.98 Å². The van der Waals surface area contributed by atoms with E-state index in [0.717, 1.165) is 16.8 Å². The van der Waals surface area contributed by atoms with Crippen molar-refractivity contribution in [2.24, 2.45) is 0 Å². The number of aliphatic hydroxyl groups excluding tert-OH is 1. The van der Waals surface area contributed by atoms with Crippen LogP contribution in [0.5, 0.6) is 0 Å². The minimum Gasteiger partial charge on any atom is -0.390 e. The molecular weight excluding hydrogens is 292 g/mol. The topological polar surface area (TPSA) is 36.4 Å². The third kappa shape index (κ3) is 3.09. The fourth-order valence-corrected chi connectivity index (χ4v) is 2.14. The van der Waals surface area contributed by atoms with Crippen molar-refractivity contribution in [1.29, 1.82) is 0 Å². The Morgan fingerprint density at radius 3 is 2.67 bits per heavy atom. The molecule has 0 aliphatic heterocycles. The van der Waals surface area contributed by atoms with E-state index in [9.17, 15) is 0 Å². The highest BCUT2D eigenvalue weighted by Crippen LogP contribution is 2.20. The first kappa shape index (κ1) is 13.1. The highest BCUT2D eigenvalue weighted by Gasteiger charge is 2.06. The smallest absolute Gasteiger partial charge is 0.128 e. The molecule has 0 unspecified atom stereocenters. The molecule has 3 nitrogen and oxygen atoms in total. The minimum absolute atomic E-state index is 0.0310. The van der Waals surface area contributed by atoms with E-state index < -0.39 is 0 Å². The summed E-state index contributed by atoms with van der Waals surface area (Å²) in [6.45, 7) is 0.736. The second-order valence-corrected chi connectivity index (χ2v) is 4.95. The van der Waals surface area contributed by atoms with E-state index in [4.69, 9.17) is 5.11 Å². The molecule has 2 aromatic rings. The van der Waals surface area contributed by atoms with E-state index in [1.165, 1.54) is 5.56 Å². The van der Waals surface area contributed by atoms with Gasteiger partial charge in [0.25, 0.3) is 0 Å². The van der Waals surface area contributed by atoms with Crippen LogP contribution in [0.25, 0.3) is 0 Å². The molecule has 1 N–H and O–H groups in total. The number of aromatic nitrogens is 1. The number of pyridine rings is 1. The molecule has 0 bridgehead atoms. The third-order valence-corrected chi connectivity index (χ3v) is 3.48. The Labute approximate surface area is 115 Å². The van der Waals surface area contributed by atoms with Gasteiger partial charge in [-0.3, -0.25) is 0 Å². The third-order valence-electron chi connectivity index (χ3n) is 2.71. The average molecular weight is 307 g/mol. The molecule has 18 heavy (non-hydrogen) atoms. The summed E-state index contributed by atoms with van der Waals surface area (Å²) in [5, 5.41) is 9.09. The lowest BCUT2D eigenvalue weighted by molar-refractivity contribution is 0.277. The number of nitrogens with zero attached hydrogens (tertiary/aromatic N) is 2. The fraction of sp³-hybridized carbons (Fsp3) is 0.214. The fourth-order valence-electron chi connectivity index (χ4n) is 1.73. The van der Waals surface area contributed by atoms with Crippen LogP contribution >= 0.6 is 15.9 Å². The zero-order valence-corrected chi connectivity index (χ0v) is 11.8. The maximum Gasteiger partial charge on any atom is 0.128 e. The molecule has 0 saturated heterocycles. The van der Waals surface area contributed by atoms with Crippen molar-refractivity contribution in [2.75, 3.05) is 11.9 Å². The first-order valence-corrected chi connectivity index (χ1v) is 6.51. The molecule has 94 valence electrons. The van der Waals surface area contributed by atoms with Crippen LogP contribution in [-0.4, -0.2) is 17.1 Å². The summed E-state index contributed by atoms with van der Waals surface area (Å²) >= 11 is 3.54. The molecule has 0 fully saturated rings. The first-order valence-electron chi connectivity index (χ1n) is 5.72. The summed E-state index contributed by atoms with van der Waals surface area (Å²) in [5.74, 6) is 0.859. The molecule has 0 radical (unpaired) electrons. The van der Waals surface area contributed by atoms with Gasteiger partial charge in [0.05, 0.1) is 12.3 Å². The minimum atomic E-state index is -0.0310. The number of benzene rings is 1. The Morgan fingerprint density at radius 1 is 1.17 bits per heavy atom. The van der Waals surface area contributed by atoms with Crippen LogP contribution < -0.4 is 4.90 Å². The summed E-state index contributed by atoms with van der Waals surface area (Å²) < 4.78 is 1.09. The molecule has 0 saturated carbocycles. The highest BCUT2D eigenvalue weighted by atomic mass is 79.9. The molecule has 1 heterocycles. The van der Waals surface area contributed by atoms with Crippen LogP contribution in [0.4, 0.5) is 5.82 Å². The van der Waals surface area contributed by atoms with Crippen LogP contribution in [0.15, 0.2) is 46.9 Å². The predicted molar refractivity (Wildman–Crippen MR) is 76.4 cm³/mol. The van der Waals surface area contributed by atoms with Crippen molar-refractivity contribution in [3.05, 3.63) is 58.2 Å². The lowest BCUT2D eigenvalue weighted by Gasteiger charge is -2.19. The summed E-state index contributed by atoms with van der Waals surface area (Å²) in [5.41, 5.74) is 1.89. The molecule has 1 aromatic heterocycles. The van der Waals surface area contributed by atoms with E-state index >= 15 is 0 Å². The lowest BCUT2D eigenvalue weighted by atomic mass is 10.2. The standard InChI is InChI=1S/C14H15BrN2O/c1-17(9-11-5-2-3-7-13(11)15)14-8-4-6-12(10-18)16-14/h2-8,18H,9-10H2,1H3. The molecule has 0 spiro atoms. The molecule has 0 aliphatic rings. The molecule has 0 aliphatic carbocycles. The first-order chi connectivity index (χ1) is 8.70. The van der Waals surface area contributed by atoms with Crippen LogP contribution in [0, 0.1) is 0 Å². The van der Waals surface area contributed by atoms with Gasteiger partial charge in [0.2, 0.25) is 0 Å². The van der Waals surface area contributed by atoms with Crippen LogP contribution in [0.1, 0.15) is 11.3 Å². The Morgan fingerprint density at radius 2 is 1.94 bits per heavy atom. The zero-order valence-electron chi connectivity index (χ0n) is 10.2. The van der Waals surface area contributed by atoms with Gasteiger partial charge < -0.3 is 10.0 Å². The lowest BCUT2D eigenvalue weighted by Crippen LogP contribution is -2.18. The molecule has 2 rings (SSSR count). The SMILES string of the molecule is CN(Cc1ccccc1Br)c1cccc(CO)n1. The van der Waals surface area contributed by atoms with E-state index in [-0.39, 0.29) is 6.61 Å². The monoisotopic (exact) mass is 306 g/mol. The average Bonchev–Trinajstić information content (AvgIpc) is 2.41. The Hall–Kier alpha value is -1.39. The Balaban J connectivity index is 2.16. The molecule has 0 amide bonds. The van der Waals surface area contributed by atoms with Crippen molar-refractivity contribution in [3.63, 3.8) is 0 Å². The number of rotatable bonds is 4. The quantitative estimate of drug-likeness (QED) is 0.943. The molecule has 4 heteroatoms. The second-order valence-electron chi connectivity index (χ2n) is 4.09. The number of aliphatic hydroxyl groups is 1. The number of anilines is 1. The maximum absolute atomic E-state index is 9.09. The van der Waals surface area contributed by atoms with E-state index in [2.05, 4.69) is 31.9 Å². The van der Waals surface area contributed by atoms with Gasteiger partial charge in [-0.2, -0.15) is 0 Å². The summed E-state index contributed by atoms with van der Waals surface area (Å²) in [4.78, 5) is 6.43.